The molecular formula is C5H8N2S2. The van der Waals surface area contributed by atoms with Gasteiger partial charge in [-0.25, -0.2) is 0 Å². The van der Waals surface area contributed by atoms with Crippen molar-refractivity contribution in [3.8, 4) is 0 Å². The summed E-state index contributed by atoms with van der Waals surface area (Å²) < 4.78 is 4.86. The van der Waals surface area contributed by atoms with E-state index in [9.17, 15) is 0 Å². The van der Waals surface area contributed by atoms with Gasteiger partial charge in [-0.1, -0.05) is 13.8 Å². The van der Waals surface area contributed by atoms with Crippen molar-refractivity contribution in [3.05, 3.63) is 9.78 Å². The van der Waals surface area contributed by atoms with Crippen LogP contribution >= 0.6 is 23.8 Å². The van der Waals surface area contributed by atoms with Crippen LogP contribution in [-0.4, -0.2) is 9.36 Å². The number of aromatic nitrogens is 2. The Morgan fingerprint density at radius 2 is 2.33 bits per heavy atom. The molecular weight excluding hydrogens is 152 g/mol. The third-order valence-electron chi connectivity index (χ3n) is 1.00. The van der Waals surface area contributed by atoms with Crippen molar-refractivity contribution < 1.29 is 0 Å². The highest BCUT2D eigenvalue weighted by Crippen LogP contribution is 2.09. The maximum absolute atomic E-state index is 4.85. The van der Waals surface area contributed by atoms with Crippen molar-refractivity contribution in [2.75, 3.05) is 0 Å². The van der Waals surface area contributed by atoms with Crippen molar-refractivity contribution in [2.45, 2.75) is 19.8 Å². The first-order chi connectivity index (χ1) is 4.20. The van der Waals surface area contributed by atoms with Crippen molar-refractivity contribution in [1.29, 1.82) is 0 Å². The highest BCUT2D eigenvalue weighted by atomic mass is 32.2. The van der Waals surface area contributed by atoms with Crippen LogP contribution in [0.5, 0.6) is 0 Å². The first kappa shape index (κ1) is 6.89. The Balaban J connectivity index is 2.98. The lowest BCUT2D eigenvalue weighted by Crippen LogP contribution is -1.87. The topological polar surface area (TPSA) is 28.7 Å². The Bertz CT molecular complexity index is 235. The Kier molecular flexibility index (Phi) is 1.97. The quantitative estimate of drug-likeness (QED) is 0.639. The summed E-state index contributed by atoms with van der Waals surface area (Å²) in [4.78, 5) is 3.00. The van der Waals surface area contributed by atoms with Gasteiger partial charge < -0.3 is 4.98 Å². The van der Waals surface area contributed by atoms with Crippen LogP contribution in [0.4, 0.5) is 0 Å². The van der Waals surface area contributed by atoms with E-state index in [0.717, 1.165) is 9.78 Å². The Labute approximate surface area is 63.1 Å². The molecule has 0 atom stereocenters. The summed E-state index contributed by atoms with van der Waals surface area (Å²) in [5, 5.41) is 0. The fourth-order valence-corrected chi connectivity index (χ4v) is 1.29. The average Bonchev–Trinajstić information content (AvgIpc) is 2.14. The van der Waals surface area contributed by atoms with E-state index in [1.165, 1.54) is 11.5 Å². The highest BCUT2D eigenvalue weighted by Gasteiger charge is 1.99. The van der Waals surface area contributed by atoms with Crippen LogP contribution in [0.25, 0.3) is 0 Å². The summed E-state index contributed by atoms with van der Waals surface area (Å²) in [5.41, 5.74) is 0. The SMILES string of the molecule is CC(C)c1nsc(=S)[nH]1. The van der Waals surface area contributed by atoms with Crippen LogP contribution in [-0.2, 0) is 0 Å². The second kappa shape index (κ2) is 2.58. The molecule has 0 spiro atoms. The molecule has 0 bridgehead atoms. The fourth-order valence-electron chi connectivity index (χ4n) is 0.491. The molecule has 0 aliphatic heterocycles. The zero-order valence-corrected chi connectivity index (χ0v) is 6.97. The van der Waals surface area contributed by atoms with Crippen molar-refractivity contribution in [3.63, 3.8) is 0 Å². The summed E-state index contributed by atoms with van der Waals surface area (Å²) in [6.45, 7) is 4.17. The summed E-state index contributed by atoms with van der Waals surface area (Å²) >= 11 is 6.19. The van der Waals surface area contributed by atoms with Crippen LogP contribution in [0.15, 0.2) is 0 Å². The monoisotopic (exact) mass is 160 g/mol. The van der Waals surface area contributed by atoms with Gasteiger partial charge in [-0.05, 0) is 23.8 Å². The Hall–Kier alpha value is -0.220. The molecule has 0 aliphatic carbocycles. The molecule has 1 N–H and O–H groups in total. The molecule has 4 heteroatoms. The number of aromatic amines is 1. The molecule has 1 rings (SSSR count). The second-order valence-corrected chi connectivity index (χ2v) is 3.58. The molecule has 0 aromatic carbocycles. The van der Waals surface area contributed by atoms with Crippen LogP contribution in [0.3, 0.4) is 0 Å². The van der Waals surface area contributed by atoms with Crippen LogP contribution < -0.4 is 0 Å². The minimum absolute atomic E-state index is 0.456. The number of rotatable bonds is 1. The predicted molar refractivity (Wildman–Crippen MR) is 41.4 cm³/mol. The molecule has 1 heterocycles. The second-order valence-electron chi connectivity index (χ2n) is 2.13. The first-order valence-corrected chi connectivity index (χ1v) is 3.94. The van der Waals surface area contributed by atoms with Gasteiger partial charge in [-0.15, -0.1) is 0 Å². The Morgan fingerprint density at radius 3 is 2.56 bits per heavy atom. The minimum atomic E-state index is 0.456. The summed E-state index contributed by atoms with van der Waals surface area (Å²) in [6.07, 6.45) is 0. The molecule has 0 saturated carbocycles. The number of nitrogens with zero attached hydrogens (tertiary/aromatic N) is 1. The van der Waals surface area contributed by atoms with E-state index in [1.807, 2.05) is 0 Å². The summed E-state index contributed by atoms with van der Waals surface area (Å²) in [5.74, 6) is 1.45. The molecule has 0 saturated heterocycles. The highest BCUT2D eigenvalue weighted by molar-refractivity contribution is 7.73. The van der Waals surface area contributed by atoms with Gasteiger partial charge in [0.1, 0.15) is 5.82 Å². The number of hydrogen-bond acceptors (Lipinski definition) is 3. The van der Waals surface area contributed by atoms with Gasteiger partial charge >= 0.3 is 0 Å². The van der Waals surface area contributed by atoms with Crippen LogP contribution in [0, 0.1) is 3.95 Å². The smallest absolute Gasteiger partial charge is 0.177 e. The largest absolute Gasteiger partial charge is 0.324 e. The Morgan fingerprint density at radius 1 is 1.67 bits per heavy atom. The average molecular weight is 160 g/mol. The zero-order chi connectivity index (χ0) is 6.85. The summed E-state index contributed by atoms with van der Waals surface area (Å²) in [7, 11) is 0. The summed E-state index contributed by atoms with van der Waals surface area (Å²) in [6, 6.07) is 0. The molecule has 2 nitrogen and oxygen atoms in total. The molecule has 0 amide bonds. The zero-order valence-electron chi connectivity index (χ0n) is 5.34. The first-order valence-electron chi connectivity index (χ1n) is 2.76. The predicted octanol–water partition coefficient (Wildman–Crippen LogP) is 2.32. The number of nitrogens with one attached hydrogen (secondary N) is 1. The molecule has 50 valence electrons. The van der Waals surface area contributed by atoms with Crippen molar-refractivity contribution >= 4 is 23.8 Å². The lowest BCUT2D eigenvalue weighted by atomic mass is 10.2. The molecule has 0 aliphatic rings. The van der Waals surface area contributed by atoms with Crippen LogP contribution in [0.1, 0.15) is 25.6 Å². The van der Waals surface area contributed by atoms with Gasteiger partial charge in [0.2, 0.25) is 0 Å². The molecule has 1 aromatic heterocycles. The number of hydrogen-bond donors (Lipinski definition) is 1. The molecule has 0 unspecified atom stereocenters. The van der Waals surface area contributed by atoms with E-state index in [1.54, 1.807) is 0 Å². The van der Waals surface area contributed by atoms with E-state index in [4.69, 9.17) is 12.2 Å². The van der Waals surface area contributed by atoms with Crippen molar-refractivity contribution in [2.24, 2.45) is 0 Å². The standard InChI is InChI=1S/C5H8N2S2/c1-3(2)4-6-5(8)9-7-4/h3H,1-2H3,(H,6,7,8). The lowest BCUT2D eigenvalue weighted by molar-refractivity contribution is 0.798. The molecule has 9 heavy (non-hydrogen) atoms. The van der Waals surface area contributed by atoms with E-state index in [0.29, 0.717) is 5.92 Å². The fraction of sp³-hybridized carbons (Fsp3) is 0.600. The van der Waals surface area contributed by atoms with Gasteiger partial charge in [-0.3, -0.25) is 0 Å². The number of H-pyrrole nitrogens is 1. The van der Waals surface area contributed by atoms with Gasteiger partial charge in [0.25, 0.3) is 0 Å². The van der Waals surface area contributed by atoms with Gasteiger partial charge in [0, 0.05) is 5.92 Å². The third-order valence-corrected chi connectivity index (χ3v) is 1.89. The maximum atomic E-state index is 4.85. The molecule has 1 aromatic rings. The normalized spacial score (nSPS) is 10.6. The molecule has 0 radical (unpaired) electrons. The van der Waals surface area contributed by atoms with E-state index in [2.05, 4.69) is 23.2 Å². The van der Waals surface area contributed by atoms with Gasteiger partial charge in [-0.2, -0.15) is 4.37 Å². The lowest BCUT2D eigenvalue weighted by Gasteiger charge is -1.94. The van der Waals surface area contributed by atoms with Crippen molar-refractivity contribution in [1.82, 2.24) is 9.36 Å². The van der Waals surface area contributed by atoms with Gasteiger partial charge in [0.05, 0.1) is 0 Å². The van der Waals surface area contributed by atoms with E-state index in [-0.39, 0.29) is 0 Å². The minimum Gasteiger partial charge on any atom is -0.324 e. The third kappa shape index (κ3) is 1.59. The maximum Gasteiger partial charge on any atom is 0.177 e. The van der Waals surface area contributed by atoms with E-state index >= 15 is 0 Å². The van der Waals surface area contributed by atoms with Gasteiger partial charge in [0.15, 0.2) is 3.95 Å². The van der Waals surface area contributed by atoms with Crippen LogP contribution in [0.2, 0.25) is 0 Å². The van der Waals surface area contributed by atoms with E-state index < -0.39 is 0 Å². The molecule has 0 fully saturated rings.